The number of benzene rings is 2. The van der Waals surface area contributed by atoms with E-state index >= 15 is 0 Å². The zero-order valence-electron chi connectivity index (χ0n) is 12.1. The van der Waals surface area contributed by atoms with Crippen LogP contribution in [0.1, 0.15) is 5.56 Å². The lowest BCUT2D eigenvalue weighted by Gasteiger charge is -2.07. The summed E-state index contributed by atoms with van der Waals surface area (Å²) in [5.41, 5.74) is 1.10. The second-order valence-corrected chi connectivity index (χ2v) is 4.70. The van der Waals surface area contributed by atoms with E-state index in [1.54, 1.807) is 36.4 Å². The molecule has 0 aliphatic rings. The van der Waals surface area contributed by atoms with Crippen molar-refractivity contribution in [3.05, 3.63) is 72.1 Å². The Kier molecular flexibility index (Phi) is 5.37. The number of nitrogens with zero attached hydrogens (tertiary/aromatic N) is 1. The van der Waals surface area contributed by atoms with Crippen LogP contribution in [0.2, 0.25) is 0 Å². The summed E-state index contributed by atoms with van der Waals surface area (Å²) >= 11 is 0. The Bertz CT molecular complexity index is 762. The summed E-state index contributed by atoms with van der Waals surface area (Å²) in [5.74, 6) is -3.14. The first-order valence-corrected chi connectivity index (χ1v) is 6.83. The molecule has 1 amide bonds. The number of hydrogen-bond acceptors (Lipinski definition) is 3. The van der Waals surface area contributed by atoms with Gasteiger partial charge in [-0.25, -0.2) is 4.39 Å². The van der Waals surface area contributed by atoms with Crippen LogP contribution < -0.4 is 5.32 Å². The highest BCUT2D eigenvalue weighted by molar-refractivity contribution is 6.14. The fourth-order valence-corrected chi connectivity index (χ4v) is 1.84. The van der Waals surface area contributed by atoms with Gasteiger partial charge in [0.15, 0.2) is 11.7 Å². The molecule has 4 nitrogen and oxygen atoms in total. The van der Waals surface area contributed by atoms with E-state index in [-0.39, 0.29) is 5.82 Å². The summed E-state index contributed by atoms with van der Waals surface area (Å²) in [7, 11) is 0. The van der Waals surface area contributed by atoms with Crippen LogP contribution in [0.15, 0.2) is 60.7 Å². The molecule has 0 unspecified atom stereocenters. The van der Waals surface area contributed by atoms with Gasteiger partial charge in [-0.1, -0.05) is 36.4 Å². The van der Waals surface area contributed by atoms with Crippen LogP contribution >= 0.6 is 0 Å². The van der Waals surface area contributed by atoms with Crippen LogP contribution in [0.3, 0.4) is 0 Å². The van der Waals surface area contributed by atoms with Crippen molar-refractivity contribution >= 4 is 23.5 Å². The molecule has 1 atom stereocenters. The predicted molar refractivity (Wildman–Crippen MR) is 84.6 cm³/mol. The molecule has 0 aliphatic heterocycles. The van der Waals surface area contributed by atoms with Crippen molar-refractivity contribution in [3.63, 3.8) is 0 Å². The monoisotopic (exact) mass is 308 g/mol. The van der Waals surface area contributed by atoms with Gasteiger partial charge in [0.1, 0.15) is 5.82 Å². The van der Waals surface area contributed by atoms with Crippen molar-refractivity contribution in [1.29, 1.82) is 5.26 Å². The molecule has 2 aromatic carbocycles. The maximum absolute atomic E-state index is 12.8. The maximum atomic E-state index is 12.8. The van der Waals surface area contributed by atoms with Gasteiger partial charge in [-0.2, -0.15) is 5.26 Å². The fourth-order valence-electron chi connectivity index (χ4n) is 1.84. The molecule has 0 fully saturated rings. The number of allylic oxidation sites excluding steroid dienone is 1. The molecule has 0 bridgehead atoms. The van der Waals surface area contributed by atoms with Gasteiger partial charge in [-0.05, 0) is 35.9 Å². The third kappa shape index (κ3) is 4.61. The van der Waals surface area contributed by atoms with Gasteiger partial charge >= 0.3 is 0 Å². The van der Waals surface area contributed by atoms with Gasteiger partial charge < -0.3 is 5.32 Å². The van der Waals surface area contributed by atoms with Crippen LogP contribution in [-0.4, -0.2) is 11.7 Å². The predicted octanol–water partition coefficient (Wildman–Crippen LogP) is 3.19. The molecule has 0 radical (unpaired) electrons. The Morgan fingerprint density at radius 1 is 1.09 bits per heavy atom. The summed E-state index contributed by atoms with van der Waals surface area (Å²) < 4.78 is 12.8. The van der Waals surface area contributed by atoms with E-state index in [1.165, 1.54) is 30.3 Å². The summed E-state index contributed by atoms with van der Waals surface area (Å²) in [5, 5.41) is 11.6. The van der Waals surface area contributed by atoms with E-state index in [1.807, 2.05) is 0 Å². The van der Waals surface area contributed by atoms with Gasteiger partial charge in [-0.15, -0.1) is 0 Å². The largest absolute Gasteiger partial charge is 0.325 e. The van der Waals surface area contributed by atoms with Crippen LogP contribution in [0.4, 0.5) is 10.1 Å². The zero-order valence-corrected chi connectivity index (χ0v) is 12.1. The summed E-state index contributed by atoms with van der Waals surface area (Å²) in [4.78, 5) is 24.0. The molecule has 0 aromatic heterocycles. The number of rotatable bonds is 5. The highest BCUT2D eigenvalue weighted by Gasteiger charge is 2.24. The lowest BCUT2D eigenvalue weighted by molar-refractivity contribution is -0.126. The van der Waals surface area contributed by atoms with E-state index in [0.717, 1.165) is 6.08 Å². The van der Waals surface area contributed by atoms with E-state index < -0.39 is 17.6 Å². The zero-order chi connectivity index (χ0) is 16.7. The van der Waals surface area contributed by atoms with Crippen LogP contribution in [0, 0.1) is 23.1 Å². The third-order valence-corrected chi connectivity index (χ3v) is 3.03. The molecule has 2 aromatic rings. The quantitative estimate of drug-likeness (QED) is 0.681. The summed E-state index contributed by atoms with van der Waals surface area (Å²) in [6.45, 7) is 0. The second-order valence-electron chi connectivity index (χ2n) is 4.70. The summed E-state index contributed by atoms with van der Waals surface area (Å²) in [6.07, 6.45) is 2.58. The average molecular weight is 308 g/mol. The Hall–Kier alpha value is -3.26. The van der Waals surface area contributed by atoms with Gasteiger partial charge in [-0.3, -0.25) is 9.59 Å². The molecule has 114 valence electrons. The molecule has 0 saturated heterocycles. The lowest BCUT2D eigenvalue weighted by atomic mass is 10.0. The maximum Gasteiger partial charge on any atom is 0.249 e. The van der Waals surface area contributed by atoms with Crippen LogP contribution in [-0.2, 0) is 9.59 Å². The number of nitrogens with one attached hydrogen (secondary N) is 1. The number of halogens is 1. The molecule has 1 N–H and O–H groups in total. The number of carbonyl (C=O) groups is 2. The number of carbonyl (C=O) groups excluding carboxylic acids is 2. The van der Waals surface area contributed by atoms with Crippen molar-refractivity contribution < 1.29 is 14.0 Å². The number of hydrogen-bond donors (Lipinski definition) is 1. The SMILES string of the molecule is N#C[C@H](C(=O)/C=C\c1ccc(F)cc1)C(=O)Nc1ccccc1. The number of nitriles is 1. The molecular weight excluding hydrogens is 295 g/mol. The Morgan fingerprint density at radius 3 is 2.35 bits per heavy atom. The molecular formula is C18H13FN2O2. The average Bonchev–Trinajstić information content (AvgIpc) is 2.56. The minimum absolute atomic E-state index is 0.384. The third-order valence-electron chi connectivity index (χ3n) is 3.03. The summed E-state index contributed by atoms with van der Waals surface area (Å²) in [6, 6.07) is 15.8. The topological polar surface area (TPSA) is 70.0 Å². The van der Waals surface area contributed by atoms with Gasteiger partial charge in [0.05, 0.1) is 6.07 Å². The smallest absolute Gasteiger partial charge is 0.249 e. The van der Waals surface area contributed by atoms with E-state index in [0.29, 0.717) is 11.3 Å². The Labute approximate surface area is 132 Å². The Morgan fingerprint density at radius 2 is 1.74 bits per heavy atom. The van der Waals surface area contributed by atoms with E-state index in [4.69, 9.17) is 5.26 Å². The molecule has 0 saturated carbocycles. The highest BCUT2D eigenvalue weighted by atomic mass is 19.1. The van der Waals surface area contributed by atoms with Gasteiger partial charge in [0, 0.05) is 5.69 Å². The molecule has 2 rings (SSSR count). The van der Waals surface area contributed by atoms with Crippen molar-refractivity contribution in [2.75, 3.05) is 5.32 Å². The number of amides is 1. The first-order valence-electron chi connectivity index (χ1n) is 6.83. The van der Waals surface area contributed by atoms with Crippen molar-refractivity contribution in [2.45, 2.75) is 0 Å². The van der Waals surface area contributed by atoms with Crippen molar-refractivity contribution in [3.8, 4) is 6.07 Å². The van der Waals surface area contributed by atoms with Crippen molar-refractivity contribution in [2.24, 2.45) is 5.92 Å². The van der Waals surface area contributed by atoms with E-state index in [2.05, 4.69) is 5.32 Å². The molecule has 0 aliphatic carbocycles. The molecule has 0 spiro atoms. The standard InChI is InChI=1S/C18H13FN2O2/c19-14-9-6-13(7-10-14)8-11-17(22)16(12-20)18(23)21-15-4-2-1-3-5-15/h1-11,16H,(H,21,23)/b11-8-/t16-/m1/s1. The second kappa shape index (κ2) is 7.66. The number of ketones is 1. The van der Waals surface area contributed by atoms with Crippen LogP contribution in [0.5, 0.6) is 0 Å². The fraction of sp³-hybridized carbons (Fsp3) is 0.0556. The number of para-hydroxylation sites is 1. The van der Waals surface area contributed by atoms with Crippen LogP contribution in [0.25, 0.3) is 6.08 Å². The first-order chi connectivity index (χ1) is 11.1. The van der Waals surface area contributed by atoms with Gasteiger partial charge in [0.2, 0.25) is 5.91 Å². The van der Waals surface area contributed by atoms with E-state index in [9.17, 15) is 14.0 Å². The first kappa shape index (κ1) is 16.1. The normalized spacial score (nSPS) is 11.7. The minimum atomic E-state index is -1.44. The lowest BCUT2D eigenvalue weighted by Crippen LogP contribution is -2.27. The molecule has 23 heavy (non-hydrogen) atoms. The highest BCUT2D eigenvalue weighted by Crippen LogP contribution is 2.10. The van der Waals surface area contributed by atoms with Gasteiger partial charge in [0.25, 0.3) is 0 Å². The minimum Gasteiger partial charge on any atom is -0.325 e. The molecule has 5 heteroatoms. The van der Waals surface area contributed by atoms with Crippen molar-refractivity contribution in [1.82, 2.24) is 0 Å². The molecule has 0 heterocycles. The Balaban J connectivity index is 2.05. The number of anilines is 1.